The molecule has 138 valence electrons. The highest BCUT2D eigenvalue weighted by Crippen LogP contribution is 2.23. The topological polar surface area (TPSA) is 92.3 Å². The molecule has 1 aromatic heterocycles. The van der Waals surface area contributed by atoms with E-state index >= 15 is 0 Å². The van der Waals surface area contributed by atoms with E-state index in [1.165, 1.54) is 4.90 Å². The number of sulfone groups is 1. The molecule has 7 nitrogen and oxygen atoms in total. The second-order valence-electron chi connectivity index (χ2n) is 6.36. The molecule has 2 aromatic rings. The van der Waals surface area contributed by atoms with Gasteiger partial charge in [0.2, 0.25) is 0 Å². The zero-order chi connectivity index (χ0) is 18.9. The molecule has 0 aliphatic carbocycles. The highest BCUT2D eigenvalue weighted by atomic mass is 35.5. The maximum atomic E-state index is 12.5. The number of nitrogens with zero attached hydrogens (tertiary/aromatic N) is 3. The van der Waals surface area contributed by atoms with Crippen molar-refractivity contribution in [3.05, 3.63) is 46.6 Å². The van der Waals surface area contributed by atoms with Crippen molar-refractivity contribution in [1.29, 1.82) is 0 Å². The molecule has 1 aromatic carbocycles. The van der Waals surface area contributed by atoms with Gasteiger partial charge in [-0.1, -0.05) is 17.7 Å². The number of rotatable bonds is 4. The lowest BCUT2D eigenvalue weighted by molar-refractivity contribution is 0.0740. The van der Waals surface area contributed by atoms with E-state index in [1.807, 2.05) is 13.0 Å². The standard InChI is InChI=1S/C17H19ClN4O3S/c1-11-3-4-12(18)9-15(11)19-16-6-5-14(20-21-16)17(23)22(2)13-7-8-26(24,25)10-13/h3-6,9,13H,7-8,10H2,1-2H3,(H,19,21). The summed E-state index contributed by atoms with van der Waals surface area (Å²) in [7, 11) is -1.46. The molecule has 26 heavy (non-hydrogen) atoms. The Morgan fingerprint density at radius 1 is 1.27 bits per heavy atom. The van der Waals surface area contributed by atoms with Crippen LogP contribution >= 0.6 is 11.6 Å². The van der Waals surface area contributed by atoms with Gasteiger partial charge in [0.15, 0.2) is 21.3 Å². The fourth-order valence-electron chi connectivity index (χ4n) is 2.81. The molecule has 1 N–H and O–H groups in total. The molecule has 1 aliphatic heterocycles. The van der Waals surface area contributed by atoms with Crippen LogP contribution in [0.25, 0.3) is 0 Å². The molecule has 1 fully saturated rings. The predicted octanol–water partition coefficient (Wildman–Crippen LogP) is 2.44. The number of hydrogen-bond acceptors (Lipinski definition) is 6. The maximum absolute atomic E-state index is 12.5. The smallest absolute Gasteiger partial charge is 0.274 e. The Morgan fingerprint density at radius 3 is 2.65 bits per heavy atom. The zero-order valence-electron chi connectivity index (χ0n) is 14.4. The van der Waals surface area contributed by atoms with E-state index < -0.39 is 9.84 Å². The van der Waals surface area contributed by atoms with E-state index in [-0.39, 0.29) is 29.1 Å². The number of hydrogen-bond donors (Lipinski definition) is 1. The van der Waals surface area contributed by atoms with Crippen LogP contribution in [-0.2, 0) is 9.84 Å². The molecule has 1 unspecified atom stereocenters. The van der Waals surface area contributed by atoms with Crippen molar-refractivity contribution >= 4 is 38.9 Å². The zero-order valence-corrected chi connectivity index (χ0v) is 16.0. The van der Waals surface area contributed by atoms with Crippen molar-refractivity contribution in [1.82, 2.24) is 15.1 Å². The van der Waals surface area contributed by atoms with Gasteiger partial charge in [0.05, 0.1) is 11.5 Å². The molecular weight excluding hydrogens is 376 g/mol. The second-order valence-corrected chi connectivity index (χ2v) is 9.03. The third-order valence-electron chi connectivity index (χ3n) is 4.42. The van der Waals surface area contributed by atoms with Gasteiger partial charge in [0, 0.05) is 23.8 Å². The number of benzene rings is 1. The minimum absolute atomic E-state index is 0.00362. The largest absolute Gasteiger partial charge is 0.338 e. The molecule has 0 bridgehead atoms. The number of aromatic nitrogens is 2. The van der Waals surface area contributed by atoms with E-state index in [2.05, 4.69) is 15.5 Å². The third kappa shape index (κ3) is 4.13. The Kier molecular flexibility index (Phi) is 5.15. The van der Waals surface area contributed by atoms with Crippen LogP contribution in [0.3, 0.4) is 0 Å². The van der Waals surface area contributed by atoms with Gasteiger partial charge in [-0.25, -0.2) is 8.42 Å². The van der Waals surface area contributed by atoms with Crippen molar-refractivity contribution in [2.75, 3.05) is 23.9 Å². The Labute approximate surface area is 157 Å². The van der Waals surface area contributed by atoms with Gasteiger partial charge in [-0.2, -0.15) is 0 Å². The van der Waals surface area contributed by atoms with Crippen LogP contribution in [0.2, 0.25) is 5.02 Å². The number of carbonyl (C=O) groups is 1. The van der Waals surface area contributed by atoms with E-state index in [1.54, 1.807) is 31.3 Å². The molecule has 2 heterocycles. The van der Waals surface area contributed by atoms with Gasteiger partial charge in [0.25, 0.3) is 5.91 Å². The van der Waals surface area contributed by atoms with E-state index in [0.717, 1.165) is 11.3 Å². The summed E-state index contributed by atoms with van der Waals surface area (Å²) in [5.74, 6) is 0.252. The second kappa shape index (κ2) is 7.20. The molecule has 0 radical (unpaired) electrons. The Morgan fingerprint density at radius 2 is 2.04 bits per heavy atom. The van der Waals surface area contributed by atoms with Crippen LogP contribution < -0.4 is 5.32 Å². The summed E-state index contributed by atoms with van der Waals surface area (Å²) < 4.78 is 23.2. The quantitative estimate of drug-likeness (QED) is 0.856. The van der Waals surface area contributed by atoms with Gasteiger partial charge in [-0.05, 0) is 43.2 Å². The summed E-state index contributed by atoms with van der Waals surface area (Å²) in [5.41, 5.74) is 1.97. The number of halogens is 1. The summed E-state index contributed by atoms with van der Waals surface area (Å²) >= 11 is 6.00. The molecule has 0 saturated carbocycles. The van der Waals surface area contributed by atoms with Gasteiger partial charge in [-0.15, -0.1) is 10.2 Å². The Balaban J connectivity index is 1.71. The number of aryl methyl sites for hydroxylation is 1. The van der Waals surface area contributed by atoms with Gasteiger partial charge < -0.3 is 10.2 Å². The lowest BCUT2D eigenvalue weighted by Gasteiger charge is -2.22. The van der Waals surface area contributed by atoms with Crippen molar-refractivity contribution < 1.29 is 13.2 Å². The van der Waals surface area contributed by atoms with Crippen LogP contribution in [0.5, 0.6) is 0 Å². The third-order valence-corrected chi connectivity index (χ3v) is 6.41. The number of anilines is 2. The molecule has 1 atom stereocenters. The molecule has 1 amide bonds. The van der Waals surface area contributed by atoms with Gasteiger partial charge in [0.1, 0.15) is 0 Å². The minimum atomic E-state index is -3.06. The number of nitrogens with one attached hydrogen (secondary N) is 1. The fraction of sp³-hybridized carbons (Fsp3) is 0.353. The van der Waals surface area contributed by atoms with Crippen molar-refractivity contribution in [2.45, 2.75) is 19.4 Å². The SMILES string of the molecule is Cc1ccc(Cl)cc1Nc1ccc(C(=O)N(C)C2CCS(=O)(=O)C2)nn1. The fourth-order valence-corrected chi connectivity index (χ4v) is 4.75. The minimum Gasteiger partial charge on any atom is -0.338 e. The summed E-state index contributed by atoms with van der Waals surface area (Å²) in [4.78, 5) is 13.9. The summed E-state index contributed by atoms with van der Waals surface area (Å²) in [6.07, 6.45) is 0.450. The molecular formula is C17H19ClN4O3S. The van der Waals surface area contributed by atoms with E-state index in [4.69, 9.17) is 11.6 Å². The van der Waals surface area contributed by atoms with Crippen LogP contribution in [0.4, 0.5) is 11.5 Å². The maximum Gasteiger partial charge on any atom is 0.274 e. The average molecular weight is 395 g/mol. The van der Waals surface area contributed by atoms with Gasteiger partial charge in [-0.3, -0.25) is 4.79 Å². The first-order valence-corrected chi connectivity index (χ1v) is 10.3. The first kappa shape index (κ1) is 18.6. The summed E-state index contributed by atoms with van der Waals surface area (Å²) in [6.45, 7) is 1.94. The first-order chi connectivity index (χ1) is 12.2. The molecule has 9 heteroatoms. The lowest BCUT2D eigenvalue weighted by Crippen LogP contribution is -2.38. The normalized spacial score (nSPS) is 18.5. The molecule has 1 saturated heterocycles. The van der Waals surface area contributed by atoms with Crippen LogP contribution in [-0.4, -0.2) is 54.0 Å². The van der Waals surface area contributed by atoms with E-state index in [9.17, 15) is 13.2 Å². The summed E-state index contributed by atoms with van der Waals surface area (Å²) in [5, 5.41) is 11.7. The molecule has 1 aliphatic rings. The van der Waals surface area contributed by atoms with Crippen molar-refractivity contribution in [3.8, 4) is 0 Å². The highest BCUT2D eigenvalue weighted by Gasteiger charge is 2.33. The first-order valence-electron chi connectivity index (χ1n) is 8.10. The van der Waals surface area contributed by atoms with Crippen LogP contribution in [0.1, 0.15) is 22.5 Å². The highest BCUT2D eigenvalue weighted by molar-refractivity contribution is 7.91. The van der Waals surface area contributed by atoms with Crippen LogP contribution in [0.15, 0.2) is 30.3 Å². The number of amides is 1. The summed E-state index contributed by atoms with van der Waals surface area (Å²) in [6, 6.07) is 8.37. The number of carbonyl (C=O) groups excluding carboxylic acids is 1. The lowest BCUT2D eigenvalue weighted by atomic mass is 10.2. The molecule has 3 rings (SSSR count). The monoisotopic (exact) mass is 394 g/mol. The Bertz CT molecular complexity index is 932. The van der Waals surface area contributed by atoms with E-state index in [0.29, 0.717) is 17.3 Å². The average Bonchev–Trinajstić information content (AvgIpc) is 2.97. The van der Waals surface area contributed by atoms with Crippen molar-refractivity contribution in [3.63, 3.8) is 0 Å². The Hall–Kier alpha value is -2.19. The van der Waals surface area contributed by atoms with Gasteiger partial charge >= 0.3 is 0 Å². The molecule has 0 spiro atoms. The van der Waals surface area contributed by atoms with Crippen LogP contribution in [0, 0.1) is 6.92 Å². The van der Waals surface area contributed by atoms with Crippen molar-refractivity contribution in [2.24, 2.45) is 0 Å². The predicted molar refractivity (Wildman–Crippen MR) is 101 cm³/mol.